The van der Waals surface area contributed by atoms with Gasteiger partial charge in [0.1, 0.15) is 17.4 Å². The Morgan fingerprint density at radius 3 is 2.31 bits per heavy atom. The Hall–Kier alpha value is -1.16. The van der Waals surface area contributed by atoms with E-state index in [-0.39, 0.29) is 23.7 Å². The maximum atomic E-state index is 11.2. The summed E-state index contributed by atoms with van der Waals surface area (Å²) in [5, 5.41) is 18.5. The molecule has 1 unspecified atom stereocenters. The molecule has 0 radical (unpaired) electrons. The van der Waals surface area contributed by atoms with Gasteiger partial charge in [0.05, 0.1) is 0 Å². The summed E-state index contributed by atoms with van der Waals surface area (Å²) in [5.41, 5.74) is -0.220. The fraction of sp³-hybridized carbons (Fsp3) is 0.556. The quantitative estimate of drug-likeness (QED) is 0.350. The normalized spacial score (nSPS) is 27.2. The molecule has 2 N–H and O–H groups in total. The minimum absolute atomic E-state index is 0.203. The molecule has 0 aromatic heterocycles. The molecule has 13 heavy (non-hydrogen) atoms. The Bertz CT molecular complexity index is 288. The molecule has 0 spiro atoms. The van der Waals surface area contributed by atoms with Crippen molar-refractivity contribution in [2.45, 2.75) is 26.4 Å². The van der Waals surface area contributed by atoms with Gasteiger partial charge in [0, 0.05) is 12.3 Å². The Kier molecular flexibility index (Phi) is 2.52. The van der Waals surface area contributed by atoms with Crippen LogP contribution in [0.4, 0.5) is 0 Å². The summed E-state index contributed by atoms with van der Waals surface area (Å²) < 4.78 is 0. The molecular weight excluding hydrogens is 172 g/mol. The monoisotopic (exact) mass is 184 g/mol. The minimum atomic E-state index is -1.26. The average molecular weight is 184 g/mol. The molecule has 0 bridgehead atoms. The topological polar surface area (TPSA) is 74.6 Å². The number of aliphatic hydroxyl groups excluding tert-OH is 2. The number of carbonyl (C=O) groups excluding carboxylic acids is 2. The number of hydrogen-bond acceptors (Lipinski definition) is 4. The highest BCUT2D eigenvalue weighted by Gasteiger charge is 2.37. The number of allylic oxidation sites excluding steroid dienone is 1. The van der Waals surface area contributed by atoms with Gasteiger partial charge in [-0.25, -0.2) is 0 Å². The fourth-order valence-electron chi connectivity index (χ4n) is 1.23. The minimum Gasteiger partial charge on any atom is -0.511 e. The van der Waals surface area contributed by atoms with E-state index in [2.05, 4.69) is 0 Å². The van der Waals surface area contributed by atoms with Crippen LogP contribution in [0.2, 0.25) is 0 Å². The third-order valence-electron chi connectivity index (χ3n) is 2.01. The second-order valence-corrected chi connectivity index (χ2v) is 3.42. The molecule has 0 saturated heterocycles. The van der Waals surface area contributed by atoms with Gasteiger partial charge in [-0.05, 0) is 0 Å². The van der Waals surface area contributed by atoms with Crippen molar-refractivity contribution in [1.29, 1.82) is 0 Å². The third-order valence-corrected chi connectivity index (χ3v) is 2.01. The number of hydrogen-bond donors (Lipinski definition) is 2. The van der Waals surface area contributed by atoms with E-state index in [1.54, 1.807) is 13.8 Å². The lowest BCUT2D eigenvalue weighted by atomic mass is 10.0. The molecule has 0 aromatic rings. The molecule has 1 fully saturated rings. The first kappa shape index (κ1) is 9.92. The molecule has 0 heterocycles. The molecule has 1 aliphatic carbocycles. The van der Waals surface area contributed by atoms with Crippen LogP contribution in [0.3, 0.4) is 0 Å². The van der Waals surface area contributed by atoms with Gasteiger partial charge in [0.15, 0.2) is 11.6 Å². The first-order valence-corrected chi connectivity index (χ1v) is 4.13. The van der Waals surface area contributed by atoms with Crippen LogP contribution in [-0.4, -0.2) is 27.9 Å². The van der Waals surface area contributed by atoms with Crippen molar-refractivity contribution < 1.29 is 19.8 Å². The van der Waals surface area contributed by atoms with Crippen molar-refractivity contribution in [3.8, 4) is 0 Å². The van der Waals surface area contributed by atoms with E-state index >= 15 is 0 Å². The van der Waals surface area contributed by atoms with E-state index in [9.17, 15) is 14.7 Å². The molecule has 0 aromatic carbocycles. The van der Waals surface area contributed by atoms with Gasteiger partial charge in [-0.15, -0.1) is 0 Å². The summed E-state index contributed by atoms with van der Waals surface area (Å²) in [5.74, 6) is -1.61. The lowest BCUT2D eigenvalue weighted by molar-refractivity contribution is -0.121. The lowest BCUT2D eigenvalue weighted by Gasteiger charge is -2.05. The van der Waals surface area contributed by atoms with Gasteiger partial charge in [0.25, 0.3) is 0 Å². The summed E-state index contributed by atoms with van der Waals surface area (Å²) in [6.07, 6.45) is -1.46. The van der Waals surface area contributed by atoms with E-state index in [1.165, 1.54) is 0 Å². The summed E-state index contributed by atoms with van der Waals surface area (Å²) in [6, 6.07) is 0. The number of ketones is 2. The molecule has 0 aliphatic heterocycles. The van der Waals surface area contributed by atoms with Crippen LogP contribution >= 0.6 is 0 Å². The first-order chi connectivity index (χ1) is 5.95. The largest absolute Gasteiger partial charge is 0.511 e. The second kappa shape index (κ2) is 3.30. The number of carbonyl (C=O) groups is 2. The summed E-state index contributed by atoms with van der Waals surface area (Å²) >= 11 is 0. The van der Waals surface area contributed by atoms with Crippen molar-refractivity contribution >= 4 is 11.6 Å². The van der Waals surface area contributed by atoms with Gasteiger partial charge < -0.3 is 10.2 Å². The molecule has 1 rings (SSSR count). The second-order valence-electron chi connectivity index (χ2n) is 3.42. The molecule has 4 heteroatoms. The molecule has 1 atom stereocenters. The standard InChI is InChI=1S/C9H12O4/c1-4(2)8(12)7-5(10)3-6(11)9(7)13/h4,6,11-12H,3H2,1-2H3/b8-7+. The van der Waals surface area contributed by atoms with Gasteiger partial charge in [-0.3, -0.25) is 9.59 Å². The molecule has 4 nitrogen and oxygen atoms in total. The third kappa shape index (κ3) is 1.62. The molecule has 1 saturated carbocycles. The van der Waals surface area contributed by atoms with Crippen molar-refractivity contribution in [1.82, 2.24) is 0 Å². The fourth-order valence-corrected chi connectivity index (χ4v) is 1.23. The molecule has 0 amide bonds. The SMILES string of the molecule is CC(C)/C(O)=C1/C(=O)CC(O)C1=O. The van der Waals surface area contributed by atoms with Crippen LogP contribution in [0.15, 0.2) is 11.3 Å². The zero-order valence-corrected chi connectivity index (χ0v) is 7.57. The van der Waals surface area contributed by atoms with Gasteiger partial charge in [0.2, 0.25) is 0 Å². The average Bonchev–Trinajstić information content (AvgIpc) is 2.26. The van der Waals surface area contributed by atoms with Crippen LogP contribution in [-0.2, 0) is 9.59 Å². The Balaban J connectivity index is 3.11. The summed E-state index contributed by atoms with van der Waals surface area (Å²) in [6.45, 7) is 3.35. The predicted molar refractivity (Wildman–Crippen MR) is 45.1 cm³/mol. The van der Waals surface area contributed by atoms with Crippen LogP contribution in [0.1, 0.15) is 20.3 Å². The summed E-state index contributed by atoms with van der Waals surface area (Å²) in [7, 11) is 0. The molecule has 72 valence electrons. The van der Waals surface area contributed by atoms with Crippen molar-refractivity contribution in [3.63, 3.8) is 0 Å². The highest BCUT2D eigenvalue weighted by Crippen LogP contribution is 2.23. The van der Waals surface area contributed by atoms with Crippen molar-refractivity contribution in [2.24, 2.45) is 5.92 Å². The highest BCUT2D eigenvalue weighted by atomic mass is 16.3. The van der Waals surface area contributed by atoms with Crippen molar-refractivity contribution in [2.75, 3.05) is 0 Å². The smallest absolute Gasteiger partial charge is 0.198 e. The molecular formula is C9H12O4. The molecule has 1 aliphatic rings. The number of aliphatic hydroxyl groups is 2. The zero-order chi connectivity index (χ0) is 10.2. The lowest BCUT2D eigenvalue weighted by Crippen LogP contribution is -2.15. The Morgan fingerprint density at radius 2 is 2.00 bits per heavy atom. The maximum absolute atomic E-state index is 11.2. The summed E-state index contributed by atoms with van der Waals surface area (Å²) in [4.78, 5) is 22.3. The van der Waals surface area contributed by atoms with Crippen LogP contribution < -0.4 is 0 Å². The Morgan fingerprint density at radius 1 is 1.46 bits per heavy atom. The van der Waals surface area contributed by atoms with Crippen LogP contribution in [0.25, 0.3) is 0 Å². The van der Waals surface area contributed by atoms with Gasteiger partial charge in [-0.1, -0.05) is 13.8 Å². The maximum Gasteiger partial charge on any atom is 0.198 e. The van der Waals surface area contributed by atoms with Crippen LogP contribution in [0, 0.1) is 5.92 Å². The van der Waals surface area contributed by atoms with E-state index in [0.29, 0.717) is 0 Å². The zero-order valence-electron chi connectivity index (χ0n) is 7.57. The van der Waals surface area contributed by atoms with Gasteiger partial charge >= 0.3 is 0 Å². The van der Waals surface area contributed by atoms with Gasteiger partial charge in [-0.2, -0.15) is 0 Å². The predicted octanol–water partition coefficient (Wildman–Crippen LogP) is 0.357. The first-order valence-electron chi connectivity index (χ1n) is 4.13. The number of rotatable bonds is 1. The van der Waals surface area contributed by atoms with E-state index in [0.717, 1.165) is 0 Å². The highest BCUT2D eigenvalue weighted by molar-refractivity contribution is 6.27. The van der Waals surface area contributed by atoms with E-state index in [4.69, 9.17) is 5.11 Å². The van der Waals surface area contributed by atoms with E-state index in [1.807, 2.05) is 0 Å². The Labute approximate surface area is 75.9 Å². The van der Waals surface area contributed by atoms with E-state index < -0.39 is 17.7 Å². The van der Waals surface area contributed by atoms with Crippen LogP contribution in [0.5, 0.6) is 0 Å². The van der Waals surface area contributed by atoms with Crippen molar-refractivity contribution in [3.05, 3.63) is 11.3 Å². The number of Topliss-reactive ketones (excluding diaryl/α,β-unsaturated/α-hetero) is 2.